The lowest BCUT2D eigenvalue weighted by Crippen LogP contribution is -1.72. The number of aromatic nitrogens is 1. The molecule has 0 spiro atoms. The third kappa shape index (κ3) is 1.90. The van der Waals surface area contributed by atoms with Crippen LogP contribution < -0.4 is 0 Å². The first kappa shape index (κ1) is 8.73. The van der Waals surface area contributed by atoms with Crippen molar-refractivity contribution >= 4 is 39.2 Å². The van der Waals surface area contributed by atoms with Crippen LogP contribution >= 0.6 is 22.9 Å². The van der Waals surface area contributed by atoms with E-state index in [1.807, 2.05) is 29.8 Å². The highest BCUT2D eigenvalue weighted by Gasteiger charge is 1.95. The van der Waals surface area contributed by atoms with Crippen molar-refractivity contribution in [2.24, 2.45) is 0 Å². The molecular weight excluding hydrogens is 202 g/mol. The number of hydrogen-bond donors (Lipinski definition) is 0. The molecule has 0 unspecified atom stereocenters. The molecule has 2 aromatic rings. The van der Waals surface area contributed by atoms with E-state index in [1.165, 1.54) is 10.3 Å². The summed E-state index contributed by atoms with van der Waals surface area (Å²) >= 11 is 7.21. The molecule has 66 valence electrons. The average molecular weight is 210 g/mol. The van der Waals surface area contributed by atoms with Gasteiger partial charge in [0.15, 0.2) is 0 Å². The maximum absolute atomic E-state index is 5.55. The van der Waals surface area contributed by atoms with Gasteiger partial charge < -0.3 is 0 Å². The van der Waals surface area contributed by atoms with E-state index in [4.69, 9.17) is 11.6 Å². The summed E-state index contributed by atoms with van der Waals surface area (Å²) in [7, 11) is 0. The van der Waals surface area contributed by atoms with Crippen LogP contribution in [0.2, 0.25) is 0 Å². The molecule has 0 saturated heterocycles. The number of halogens is 1. The molecule has 0 amide bonds. The second-order valence-corrected chi connectivity index (χ2v) is 3.83. The highest BCUT2D eigenvalue weighted by molar-refractivity contribution is 7.16. The summed E-state index contributed by atoms with van der Waals surface area (Å²) in [5.41, 5.74) is 4.10. The molecular formula is C10H8ClNS. The molecule has 0 aliphatic rings. The minimum absolute atomic E-state index is 0.556. The lowest BCUT2D eigenvalue weighted by atomic mass is 10.2. The van der Waals surface area contributed by atoms with Gasteiger partial charge in [-0.05, 0) is 17.7 Å². The molecule has 3 heteroatoms. The quantitative estimate of drug-likeness (QED) is 0.690. The molecule has 0 aliphatic heterocycles. The predicted molar refractivity (Wildman–Crippen MR) is 59.4 cm³/mol. The molecule has 1 heterocycles. The monoisotopic (exact) mass is 209 g/mol. The minimum Gasteiger partial charge on any atom is -0.245 e. The Bertz CT molecular complexity index is 433. The summed E-state index contributed by atoms with van der Waals surface area (Å²) < 4.78 is 1.22. The van der Waals surface area contributed by atoms with Crippen molar-refractivity contribution in [2.75, 3.05) is 5.88 Å². The Hall–Kier alpha value is -0.860. The maximum atomic E-state index is 5.55. The first-order valence-corrected chi connectivity index (χ1v) is 5.37. The van der Waals surface area contributed by atoms with Gasteiger partial charge in [0.25, 0.3) is 0 Å². The normalized spacial score (nSPS) is 11.5. The van der Waals surface area contributed by atoms with E-state index in [9.17, 15) is 0 Å². The van der Waals surface area contributed by atoms with Crippen molar-refractivity contribution in [3.05, 3.63) is 35.3 Å². The summed E-state index contributed by atoms with van der Waals surface area (Å²) in [6.45, 7) is 0. The molecule has 0 N–H and O–H groups in total. The molecule has 0 bridgehead atoms. The van der Waals surface area contributed by atoms with Crippen molar-refractivity contribution < 1.29 is 0 Å². The molecule has 0 radical (unpaired) electrons. The van der Waals surface area contributed by atoms with Crippen LogP contribution in [0.25, 0.3) is 16.3 Å². The fraction of sp³-hybridized carbons (Fsp3) is 0.100. The van der Waals surface area contributed by atoms with Crippen LogP contribution in [-0.2, 0) is 0 Å². The number of thiazole rings is 1. The molecule has 0 aliphatic carbocycles. The van der Waals surface area contributed by atoms with Crippen LogP contribution in [0.4, 0.5) is 0 Å². The second kappa shape index (κ2) is 3.90. The van der Waals surface area contributed by atoms with Gasteiger partial charge in [-0.15, -0.1) is 22.9 Å². The predicted octanol–water partition coefficient (Wildman–Crippen LogP) is 3.55. The highest BCUT2D eigenvalue weighted by atomic mass is 35.5. The van der Waals surface area contributed by atoms with Crippen LogP contribution in [-0.4, -0.2) is 10.9 Å². The Labute approximate surface area is 85.7 Å². The summed E-state index contributed by atoms with van der Waals surface area (Å²) in [6, 6.07) is 6.20. The van der Waals surface area contributed by atoms with Gasteiger partial charge in [0, 0.05) is 5.88 Å². The fourth-order valence-electron chi connectivity index (χ4n) is 1.16. The zero-order chi connectivity index (χ0) is 9.10. The van der Waals surface area contributed by atoms with Crippen LogP contribution in [0.15, 0.2) is 29.8 Å². The Morgan fingerprint density at radius 3 is 3.23 bits per heavy atom. The van der Waals surface area contributed by atoms with E-state index in [1.54, 1.807) is 11.3 Å². The topological polar surface area (TPSA) is 12.9 Å². The van der Waals surface area contributed by atoms with Crippen LogP contribution in [0.5, 0.6) is 0 Å². The number of rotatable bonds is 2. The Morgan fingerprint density at radius 2 is 2.38 bits per heavy atom. The molecule has 1 aromatic carbocycles. The molecule has 13 heavy (non-hydrogen) atoms. The SMILES string of the molecule is ClCC=Cc1ccc2ncsc2c1. The van der Waals surface area contributed by atoms with E-state index in [2.05, 4.69) is 11.1 Å². The van der Waals surface area contributed by atoms with Crippen molar-refractivity contribution in [3.63, 3.8) is 0 Å². The molecule has 2 rings (SSSR count). The van der Waals surface area contributed by atoms with Crippen molar-refractivity contribution in [2.45, 2.75) is 0 Å². The number of alkyl halides is 1. The summed E-state index contributed by atoms with van der Waals surface area (Å²) in [5, 5.41) is 0. The molecule has 1 aromatic heterocycles. The second-order valence-electron chi connectivity index (χ2n) is 2.64. The third-order valence-corrected chi connectivity index (χ3v) is 2.72. The summed E-state index contributed by atoms with van der Waals surface area (Å²) in [4.78, 5) is 4.21. The number of allylic oxidation sites excluding steroid dienone is 1. The molecule has 1 nitrogen and oxygen atoms in total. The van der Waals surface area contributed by atoms with E-state index in [0.717, 1.165) is 5.52 Å². The van der Waals surface area contributed by atoms with Gasteiger partial charge in [-0.1, -0.05) is 18.2 Å². The van der Waals surface area contributed by atoms with Crippen molar-refractivity contribution in [1.29, 1.82) is 0 Å². The van der Waals surface area contributed by atoms with E-state index < -0.39 is 0 Å². The minimum atomic E-state index is 0.556. The third-order valence-electron chi connectivity index (χ3n) is 1.75. The zero-order valence-electron chi connectivity index (χ0n) is 6.90. The van der Waals surface area contributed by atoms with Gasteiger partial charge in [0.1, 0.15) is 0 Å². The molecule has 0 atom stereocenters. The standard InChI is InChI=1S/C10H8ClNS/c11-5-1-2-8-3-4-9-10(6-8)13-7-12-9/h1-4,6-7H,5H2. The van der Waals surface area contributed by atoms with Gasteiger partial charge in [0.2, 0.25) is 0 Å². The smallest absolute Gasteiger partial charge is 0.0812 e. The van der Waals surface area contributed by atoms with E-state index >= 15 is 0 Å². The largest absolute Gasteiger partial charge is 0.245 e. The number of benzene rings is 1. The lowest BCUT2D eigenvalue weighted by Gasteiger charge is -1.91. The Morgan fingerprint density at radius 1 is 1.46 bits per heavy atom. The van der Waals surface area contributed by atoms with Gasteiger partial charge in [-0.3, -0.25) is 0 Å². The molecule has 0 saturated carbocycles. The maximum Gasteiger partial charge on any atom is 0.0812 e. The van der Waals surface area contributed by atoms with E-state index in [0.29, 0.717) is 5.88 Å². The molecule has 0 fully saturated rings. The first-order valence-electron chi connectivity index (χ1n) is 3.96. The van der Waals surface area contributed by atoms with Gasteiger partial charge in [-0.25, -0.2) is 4.98 Å². The van der Waals surface area contributed by atoms with Crippen LogP contribution in [0, 0.1) is 0 Å². The van der Waals surface area contributed by atoms with E-state index in [-0.39, 0.29) is 0 Å². The van der Waals surface area contributed by atoms with Gasteiger partial charge in [-0.2, -0.15) is 0 Å². The van der Waals surface area contributed by atoms with Crippen molar-refractivity contribution in [1.82, 2.24) is 4.98 Å². The Balaban J connectivity index is 2.42. The highest BCUT2D eigenvalue weighted by Crippen LogP contribution is 2.19. The first-order chi connectivity index (χ1) is 6.40. The zero-order valence-corrected chi connectivity index (χ0v) is 8.48. The van der Waals surface area contributed by atoms with Gasteiger partial charge in [0.05, 0.1) is 15.7 Å². The lowest BCUT2D eigenvalue weighted by molar-refractivity contribution is 1.50. The summed E-state index contributed by atoms with van der Waals surface area (Å²) in [6.07, 6.45) is 3.95. The van der Waals surface area contributed by atoms with Gasteiger partial charge >= 0.3 is 0 Å². The number of fused-ring (bicyclic) bond motifs is 1. The average Bonchev–Trinajstić information content (AvgIpc) is 2.61. The van der Waals surface area contributed by atoms with Crippen molar-refractivity contribution in [3.8, 4) is 0 Å². The van der Waals surface area contributed by atoms with Crippen LogP contribution in [0.1, 0.15) is 5.56 Å². The number of hydrogen-bond acceptors (Lipinski definition) is 2. The summed E-state index contributed by atoms with van der Waals surface area (Å²) in [5.74, 6) is 0.556. The fourth-order valence-corrected chi connectivity index (χ4v) is 1.97. The van der Waals surface area contributed by atoms with Crippen LogP contribution in [0.3, 0.4) is 0 Å². The Kier molecular flexibility index (Phi) is 2.62. The number of nitrogens with zero attached hydrogens (tertiary/aromatic N) is 1.